The molecule has 0 aromatic carbocycles. The maximum atomic E-state index is 12.2. The van der Waals surface area contributed by atoms with Gasteiger partial charge < -0.3 is 10.0 Å². The zero-order chi connectivity index (χ0) is 14.4. The molecule has 0 unspecified atom stereocenters. The van der Waals surface area contributed by atoms with Crippen LogP contribution in [-0.2, 0) is 9.59 Å². The smallest absolute Gasteiger partial charge is 0.303 e. The Morgan fingerprint density at radius 3 is 3.00 bits per heavy atom. The summed E-state index contributed by atoms with van der Waals surface area (Å²) in [7, 11) is 0. The van der Waals surface area contributed by atoms with Crippen LogP contribution in [0.5, 0.6) is 0 Å². The third kappa shape index (κ3) is 4.20. The second-order valence-electron chi connectivity index (χ2n) is 4.96. The van der Waals surface area contributed by atoms with E-state index in [1.807, 2.05) is 28.5 Å². The van der Waals surface area contributed by atoms with Crippen molar-refractivity contribution in [2.75, 3.05) is 6.54 Å². The first-order valence-electron chi connectivity index (χ1n) is 6.91. The van der Waals surface area contributed by atoms with E-state index in [1.165, 1.54) is 0 Å². The molecule has 1 N–H and O–H groups in total. The Bertz CT molecular complexity index is 481. The third-order valence-corrected chi connectivity index (χ3v) is 4.37. The van der Waals surface area contributed by atoms with Gasteiger partial charge in [-0.1, -0.05) is 6.07 Å². The highest BCUT2D eigenvalue weighted by atomic mass is 32.1. The first-order valence-corrected chi connectivity index (χ1v) is 7.79. The Kier molecular flexibility index (Phi) is 5.35. The van der Waals surface area contributed by atoms with Gasteiger partial charge in [0.2, 0.25) is 5.91 Å². The average Bonchev–Trinajstić information content (AvgIpc) is 2.96. The number of piperidine rings is 1. The second kappa shape index (κ2) is 7.24. The van der Waals surface area contributed by atoms with Gasteiger partial charge in [-0.25, -0.2) is 0 Å². The predicted octanol–water partition coefficient (Wildman–Crippen LogP) is 3.01. The summed E-state index contributed by atoms with van der Waals surface area (Å²) in [5.41, 5.74) is 0. The van der Waals surface area contributed by atoms with Crippen LogP contribution in [0.25, 0.3) is 6.08 Å². The highest BCUT2D eigenvalue weighted by Gasteiger charge is 2.25. The lowest BCUT2D eigenvalue weighted by Gasteiger charge is -2.35. The molecule has 1 amide bonds. The molecule has 4 nitrogen and oxygen atoms in total. The molecule has 1 fully saturated rings. The predicted molar refractivity (Wildman–Crippen MR) is 79.6 cm³/mol. The number of thiophene rings is 1. The summed E-state index contributed by atoms with van der Waals surface area (Å²) in [4.78, 5) is 25.8. The summed E-state index contributed by atoms with van der Waals surface area (Å²) < 4.78 is 0. The molecular formula is C15H19NO3S. The van der Waals surface area contributed by atoms with Crippen LogP contribution in [0.3, 0.4) is 0 Å². The summed E-state index contributed by atoms with van der Waals surface area (Å²) in [6.07, 6.45) is 7.09. The van der Waals surface area contributed by atoms with Gasteiger partial charge >= 0.3 is 5.97 Å². The highest BCUT2D eigenvalue weighted by molar-refractivity contribution is 7.10. The number of hydrogen-bond donors (Lipinski definition) is 1. The molecule has 0 radical (unpaired) electrons. The van der Waals surface area contributed by atoms with E-state index in [1.54, 1.807) is 17.4 Å². The summed E-state index contributed by atoms with van der Waals surface area (Å²) in [5, 5.41) is 10.8. The quantitative estimate of drug-likeness (QED) is 0.849. The van der Waals surface area contributed by atoms with Crippen molar-refractivity contribution in [1.82, 2.24) is 4.90 Å². The van der Waals surface area contributed by atoms with E-state index in [4.69, 9.17) is 5.11 Å². The fraction of sp³-hybridized carbons (Fsp3) is 0.467. The van der Waals surface area contributed by atoms with Gasteiger partial charge in [-0.15, -0.1) is 11.3 Å². The monoisotopic (exact) mass is 293 g/mol. The normalized spacial score (nSPS) is 19.4. The van der Waals surface area contributed by atoms with Crippen molar-refractivity contribution in [2.24, 2.45) is 0 Å². The number of carboxylic acids is 1. The highest BCUT2D eigenvalue weighted by Crippen LogP contribution is 2.21. The molecule has 0 saturated carbocycles. The van der Waals surface area contributed by atoms with Gasteiger partial charge in [-0.3, -0.25) is 9.59 Å². The Morgan fingerprint density at radius 1 is 1.45 bits per heavy atom. The molecule has 0 bridgehead atoms. The Hall–Kier alpha value is -1.62. The maximum absolute atomic E-state index is 12.2. The number of hydrogen-bond acceptors (Lipinski definition) is 3. The van der Waals surface area contributed by atoms with E-state index < -0.39 is 5.97 Å². The lowest BCUT2D eigenvalue weighted by atomic mass is 9.98. The van der Waals surface area contributed by atoms with Gasteiger partial charge in [0, 0.05) is 30.0 Å². The van der Waals surface area contributed by atoms with E-state index in [9.17, 15) is 9.59 Å². The zero-order valence-electron chi connectivity index (χ0n) is 11.3. The van der Waals surface area contributed by atoms with Gasteiger partial charge in [-0.2, -0.15) is 0 Å². The number of carbonyl (C=O) groups excluding carboxylic acids is 1. The molecule has 1 aromatic rings. The fourth-order valence-corrected chi connectivity index (χ4v) is 3.13. The minimum atomic E-state index is -0.794. The van der Waals surface area contributed by atoms with Crippen molar-refractivity contribution in [1.29, 1.82) is 0 Å². The molecule has 1 aromatic heterocycles. The van der Waals surface area contributed by atoms with Gasteiger partial charge in [0.25, 0.3) is 0 Å². The second-order valence-corrected chi connectivity index (χ2v) is 5.94. The van der Waals surface area contributed by atoms with Crippen LogP contribution < -0.4 is 0 Å². The molecular weight excluding hydrogens is 274 g/mol. The van der Waals surface area contributed by atoms with Crippen molar-refractivity contribution in [3.63, 3.8) is 0 Å². The standard InChI is InChI=1S/C15H19NO3S/c17-14(8-7-13-5-3-11-20-13)16-10-2-1-4-12(16)6-9-15(18)19/h3,5,7-8,11-12H,1-2,4,6,9-10H2,(H,18,19)/b8-7-/t12-/m1/s1. The molecule has 1 saturated heterocycles. The van der Waals surface area contributed by atoms with Crippen LogP contribution >= 0.6 is 11.3 Å². The number of likely N-dealkylation sites (tertiary alicyclic amines) is 1. The zero-order valence-corrected chi connectivity index (χ0v) is 12.1. The lowest BCUT2D eigenvalue weighted by Crippen LogP contribution is -2.43. The fourth-order valence-electron chi connectivity index (χ4n) is 2.52. The Balaban J connectivity index is 1.96. The number of carboxylic acid groups (broad SMARTS) is 1. The maximum Gasteiger partial charge on any atom is 0.303 e. The van der Waals surface area contributed by atoms with E-state index in [-0.39, 0.29) is 18.4 Å². The van der Waals surface area contributed by atoms with Crippen molar-refractivity contribution < 1.29 is 14.7 Å². The Morgan fingerprint density at radius 2 is 2.30 bits per heavy atom. The van der Waals surface area contributed by atoms with E-state index in [0.717, 1.165) is 30.7 Å². The third-order valence-electron chi connectivity index (χ3n) is 3.54. The molecule has 1 aliphatic heterocycles. The van der Waals surface area contributed by atoms with Crippen LogP contribution in [0, 0.1) is 0 Å². The summed E-state index contributed by atoms with van der Waals surface area (Å²) in [5.74, 6) is -0.800. The number of rotatable bonds is 5. The molecule has 20 heavy (non-hydrogen) atoms. The van der Waals surface area contributed by atoms with E-state index in [0.29, 0.717) is 6.42 Å². The van der Waals surface area contributed by atoms with Crippen molar-refractivity contribution >= 4 is 29.3 Å². The largest absolute Gasteiger partial charge is 0.481 e. The lowest BCUT2D eigenvalue weighted by molar-refractivity contribution is -0.138. The average molecular weight is 293 g/mol. The van der Waals surface area contributed by atoms with Gasteiger partial charge in [0.1, 0.15) is 0 Å². The van der Waals surface area contributed by atoms with Crippen molar-refractivity contribution in [3.8, 4) is 0 Å². The minimum absolute atomic E-state index is 0.00603. The molecule has 5 heteroatoms. The van der Waals surface area contributed by atoms with Crippen molar-refractivity contribution in [3.05, 3.63) is 28.5 Å². The number of amides is 1. The van der Waals surface area contributed by atoms with Crippen LogP contribution in [-0.4, -0.2) is 34.5 Å². The summed E-state index contributed by atoms with van der Waals surface area (Å²) in [6, 6.07) is 3.98. The van der Waals surface area contributed by atoms with Crippen LogP contribution in [0.4, 0.5) is 0 Å². The minimum Gasteiger partial charge on any atom is -0.481 e. The SMILES string of the molecule is O=C(O)CC[C@H]1CCCCN1C(=O)/C=C\c1cccs1. The first kappa shape index (κ1) is 14.8. The Labute approximate surface area is 122 Å². The van der Waals surface area contributed by atoms with Crippen LogP contribution in [0.2, 0.25) is 0 Å². The molecule has 2 heterocycles. The molecule has 0 aliphatic carbocycles. The van der Waals surface area contributed by atoms with Gasteiger partial charge in [-0.05, 0) is 43.2 Å². The van der Waals surface area contributed by atoms with Crippen LogP contribution in [0.1, 0.15) is 37.0 Å². The summed E-state index contributed by atoms with van der Waals surface area (Å²) in [6.45, 7) is 0.734. The molecule has 1 aliphatic rings. The summed E-state index contributed by atoms with van der Waals surface area (Å²) >= 11 is 1.59. The first-order chi connectivity index (χ1) is 9.66. The number of aliphatic carboxylic acids is 1. The topological polar surface area (TPSA) is 57.6 Å². The van der Waals surface area contributed by atoms with E-state index >= 15 is 0 Å². The van der Waals surface area contributed by atoms with Gasteiger partial charge in [0.05, 0.1) is 0 Å². The van der Waals surface area contributed by atoms with Crippen LogP contribution in [0.15, 0.2) is 23.6 Å². The molecule has 2 rings (SSSR count). The molecule has 108 valence electrons. The molecule has 1 atom stereocenters. The van der Waals surface area contributed by atoms with Gasteiger partial charge in [0.15, 0.2) is 0 Å². The van der Waals surface area contributed by atoms with Crippen molar-refractivity contribution in [2.45, 2.75) is 38.1 Å². The molecule has 0 spiro atoms. The number of carbonyl (C=O) groups is 2. The number of nitrogens with zero attached hydrogens (tertiary/aromatic N) is 1. The van der Waals surface area contributed by atoms with E-state index in [2.05, 4.69) is 0 Å².